The van der Waals surface area contributed by atoms with E-state index in [1.807, 2.05) is 6.07 Å². The highest BCUT2D eigenvalue weighted by atomic mass is 16.5. The molecule has 1 N–H and O–H groups in total. The first-order chi connectivity index (χ1) is 8.70. The highest BCUT2D eigenvalue weighted by molar-refractivity contribution is 5.30. The molecule has 0 aliphatic carbocycles. The Morgan fingerprint density at radius 2 is 2.28 bits per heavy atom. The third kappa shape index (κ3) is 3.24. The fourth-order valence-corrected chi connectivity index (χ4v) is 2.73. The summed E-state index contributed by atoms with van der Waals surface area (Å²) in [4.78, 5) is 2.31. The minimum Gasteiger partial charge on any atom is -0.497 e. The molecule has 1 fully saturated rings. The second kappa shape index (κ2) is 6.21. The lowest BCUT2D eigenvalue weighted by molar-refractivity contribution is 0.252. The molecule has 1 aliphatic rings. The van der Waals surface area contributed by atoms with Crippen LogP contribution in [0.25, 0.3) is 0 Å². The lowest BCUT2D eigenvalue weighted by Crippen LogP contribution is -2.23. The number of benzene rings is 1. The number of hydrogen-bond acceptors (Lipinski definition) is 3. The highest BCUT2D eigenvalue weighted by Crippen LogP contribution is 2.30. The molecule has 1 aromatic rings. The Labute approximate surface area is 110 Å². The van der Waals surface area contributed by atoms with Crippen LogP contribution in [0.15, 0.2) is 24.3 Å². The average Bonchev–Trinajstić information content (AvgIpc) is 2.88. The van der Waals surface area contributed by atoms with Crippen molar-refractivity contribution in [2.75, 3.05) is 34.3 Å². The molecule has 1 aliphatic heterocycles. The molecule has 0 aromatic heterocycles. The van der Waals surface area contributed by atoms with Crippen LogP contribution in [0, 0.1) is 5.92 Å². The van der Waals surface area contributed by atoms with E-state index in [1.165, 1.54) is 24.9 Å². The van der Waals surface area contributed by atoms with Gasteiger partial charge in [-0.25, -0.2) is 0 Å². The molecule has 0 radical (unpaired) electrons. The molecule has 0 spiro atoms. The predicted molar refractivity (Wildman–Crippen MR) is 75.0 cm³/mol. The number of ether oxygens (including phenoxy) is 1. The van der Waals surface area contributed by atoms with Gasteiger partial charge in [0.05, 0.1) is 7.11 Å². The summed E-state index contributed by atoms with van der Waals surface area (Å²) < 4.78 is 5.32. The van der Waals surface area contributed by atoms with E-state index in [1.54, 1.807) is 7.11 Å². The van der Waals surface area contributed by atoms with Crippen molar-refractivity contribution in [1.82, 2.24) is 10.2 Å². The van der Waals surface area contributed by atoms with Crippen molar-refractivity contribution in [3.8, 4) is 5.75 Å². The second-order valence-electron chi connectivity index (χ2n) is 5.35. The van der Waals surface area contributed by atoms with Gasteiger partial charge in [0.2, 0.25) is 0 Å². The summed E-state index contributed by atoms with van der Waals surface area (Å²) in [6.45, 7) is 2.33. The maximum absolute atomic E-state index is 5.32. The lowest BCUT2D eigenvalue weighted by atomic mass is 9.93. The molecule has 1 aromatic carbocycles. The highest BCUT2D eigenvalue weighted by Gasteiger charge is 2.22. The normalized spacial score (nSPS) is 21.2. The molecule has 2 unspecified atom stereocenters. The monoisotopic (exact) mass is 248 g/mol. The SMILES string of the molecule is COc1cccc(C(CC2CCNC2)N(C)C)c1. The van der Waals surface area contributed by atoms with Crippen molar-refractivity contribution in [3.63, 3.8) is 0 Å². The zero-order valence-corrected chi connectivity index (χ0v) is 11.6. The lowest BCUT2D eigenvalue weighted by Gasteiger charge is -2.27. The number of methoxy groups -OCH3 is 1. The average molecular weight is 248 g/mol. The zero-order valence-electron chi connectivity index (χ0n) is 11.6. The fraction of sp³-hybridized carbons (Fsp3) is 0.600. The van der Waals surface area contributed by atoms with Crippen molar-refractivity contribution < 1.29 is 4.74 Å². The van der Waals surface area contributed by atoms with Crippen LogP contribution in [0.2, 0.25) is 0 Å². The van der Waals surface area contributed by atoms with Gasteiger partial charge in [-0.15, -0.1) is 0 Å². The molecule has 0 saturated carbocycles. The van der Waals surface area contributed by atoms with Crippen LogP contribution >= 0.6 is 0 Å². The molecule has 2 atom stereocenters. The van der Waals surface area contributed by atoms with E-state index in [4.69, 9.17) is 4.74 Å². The largest absolute Gasteiger partial charge is 0.497 e. The molecular formula is C15H24N2O. The van der Waals surface area contributed by atoms with Crippen molar-refractivity contribution in [2.24, 2.45) is 5.92 Å². The molecular weight excluding hydrogens is 224 g/mol. The summed E-state index contributed by atoms with van der Waals surface area (Å²) in [5.41, 5.74) is 1.35. The second-order valence-corrected chi connectivity index (χ2v) is 5.35. The standard InChI is InChI=1S/C15H24N2O/c1-17(2)15(9-12-7-8-16-11-12)13-5-4-6-14(10-13)18-3/h4-6,10,12,15-16H,7-9,11H2,1-3H3. The Balaban J connectivity index is 2.12. The summed E-state index contributed by atoms with van der Waals surface area (Å²) in [5, 5.41) is 3.45. The quantitative estimate of drug-likeness (QED) is 0.865. The fourth-order valence-electron chi connectivity index (χ4n) is 2.73. The summed E-state index contributed by atoms with van der Waals surface area (Å²) in [5.74, 6) is 1.74. The molecule has 1 saturated heterocycles. The number of nitrogens with one attached hydrogen (secondary N) is 1. The number of nitrogens with zero attached hydrogens (tertiary/aromatic N) is 1. The van der Waals surface area contributed by atoms with E-state index in [9.17, 15) is 0 Å². The molecule has 100 valence electrons. The first-order valence-electron chi connectivity index (χ1n) is 6.72. The van der Waals surface area contributed by atoms with E-state index < -0.39 is 0 Å². The molecule has 0 bridgehead atoms. The third-order valence-corrected chi connectivity index (χ3v) is 3.82. The van der Waals surface area contributed by atoms with Crippen LogP contribution in [0.5, 0.6) is 5.75 Å². The van der Waals surface area contributed by atoms with Gasteiger partial charge in [0.25, 0.3) is 0 Å². The van der Waals surface area contributed by atoms with Crippen LogP contribution in [-0.2, 0) is 0 Å². The molecule has 1 heterocycles. The van der Waals surface area contributed by atoms with Crippen LogP contribution < -0.4 is 10.1 Å². The first-order valence-corrected chi connectivity index (χ1v) is 6.72. The van der Waals surface area contributed by atoms with Gasteiger partial charge in [-0.3, -0.25) is 0 Å². The van der Waals surface area contributed by atoms with Crippen LogP contribution in [0.4, 0.5) is 0 Å². The topological polar surface area (TPSA) is 24.5 Å². The van der Waals surface area contributed by atoms with E-state index in [-0.39, 0.29) is 0 Å². The zero-order chi connectivity index (χ0) is 13.0. The minimum atomic E-state index is 0.477. The van der Waals surface area contributed by atoms with Gasteiger partial charge in [0, 0.05) is 6.04 Å². The molecule has 3 nitrogen and oxygen atoms in total. The van der Waals surface area contributed by atoms with Gasteiger partial charge >= 0.3 is 0 Å². The Bertz CT molecular complexity index is 373. The predicted octanol–water partition coefficient (Wildman–Crippen LogP) is 2.30. The van der Waals surface area contributed by atoms with Gasteiger partial charge in [0.15, 0.2) is 0 Å². The Kier molecular flexibility index (Phi) is 4.61. The molecule has 0 amide bonds. The van der Waals surface area contributed by atoms with Gasteiger partial charge < -0.3 is 15.0 Å². The van der Waals surface area contributed by atoms with E-state index in [0.29, 0.717) is 6.04 Å². The molecule has 3 heteroatoms. The van der Waals surface area contributed by atoms with Crippen LogP contribution in [0.3, 0.4) is 0 Å². The third-order valence-electron chi connectivity index (χ3n) is 3.82. The smallest absolute Gasteiger partial charge is 0.119 e. The first kappa shape index (κ1) is 13.4. The van der Waals surface area contributed by atoms with E-state index >= 15 is 0 Å². The van der Waals surface area contributed by atoms with Crippen molar-refractivity contribution in [3.05, 3.63) is 29.8 Å². The van der Waals surface area contributed by atoms with Gasteiger partial charge in [-0.2, -0.15) is 0 Å². The summed E-state index contributed by atoms with van der Waals surface area (Å²) in [6, 6.07) is 8.93. The van der Waals surface area contributed by atoms with Crippen molar-refractivity contribution >= 4 is 0 Å². The Hall–Kier alpha value is -1.06. The van der Waals surface area contributed by atoms with Crippen molar-refractivity contribution in [1.29, 1.82) is 0 Å². The van der Waals surface area contributed by atoms with E-state index in [2.05, 4.69) is 42.5 Å². The Morgan fingerprint density at radius 3 is 2.89 bits per heavy atom. The maximum Gasteiger partial charge on any atom is 0.119 e. The van der Waals surface area contributed by atoms with E-state index in [0.717, 1.165) is 18.2 Å². The maximum atomic E-state index is 5.32. The minimum absolute atomic E-state index is 0.477. The summed E-state index contributed by atoms with van der Waals surface area (Å²) in [7, 11) is 6.05. The Morgan fingerprint density at radius 1 is 1.44 bits per heavy atom. The van der Waals surface area contributed by atoms with Crippen LogP contribution in [0.1, 0.15) is 24.4 Å². The number of hydrogen-bond donors (Lipinski definition) is 1. The molecule has 2 rings (SSSR count). The van der Waals surface area contributed by atoms with Gasteiger partial charge in [-0.1, -0.05) is 12.1 Å². The summed E-state index contributed by atoms with van der Waals surface area (Å²) in [6.07, 6.45) is 2.52. The van der Waals surface area contributed by atoms with Crippen LogP contribution in [-0.4, -0.2) is 39.2 Å². The van der Waals surface area contributed by atoms with Gasteiger partial charge in [0.1, 0.15) is 5.75 Å². The van der Waals surface area contributed by atoms with Crippen molar-refractivity contribution in [2.45, 2.75) is 18.9 Å². The van der Waals surface area contributed by atoms with Gasteiger partial charge in [-0.05, 0) is 63.6 Å². The molecule has 18 heavy (non-hydrogen) atoms. The number of rotatable bonds is 5. The summed E-state index contributed by atoms with van der Waals surface area (Å²) >= 11 is 0.